The van der Waals surface area contributed by atoms with Crippen molar-refractivity contribution in [3.63, 3.8) is 0 Å². The van der Waals surface area contributed by atoms with Crippen LogP contribution in [0.4, 0.5) is 11.5 Å². The van der Waals surface area contributed by atoms with Gasteiger partial charge in [0.25, 0.3) is 5.91 Å². The molecule has 29 heavy (non-hydrogen) atoms. The number of hydrogen-bond acceptors (Lipinski definition) is 7. The second-order valence-electron chi connectivity index (χ2n) is 6.96. The summed E-state index contributed by atoms with van der Waals surface area (Å²) in [6.45, 7) is 4.86. The summed E-state index contributed by atoms with van der Waals surface area (Å²) in [7, 11) is 1.53. The largest absolute Gasteiger partial charge is 0.481 e. The molecule has 2 aromatic heterocycles. The minimum Gasteiger partial charge on any atom is -0.481 e. The summed E-state index contributed by atoms with van der Waals surface area (Å²) in [5, 5.41) is 2.79. The van der Waals surface area contributed by atoms with E-state index in [4.69, 9.17) is 9.47 Å². The molecule has 1 saturated heterocycles. The molecule has 0 aromatic carbocycles. The quantitative estimate of drug-likeness (QED) is 0.812. The maximum Gasteiger partial charge on any atom is 0.273 e. The third kappa shape index (κ3) is 3.86. The van der Waals surface area contributed by atoms with Crippen molar-refractivity contribution < 1.29 is 19.1 Å². The van der Waals surface area contributed by atoms with E-state index in [1.165, 1.54) is 18.2 Å². The van der Waals surface area contributed by atoms with Crippen molar-refractivity contribution in [2.45, 2.75) is 19.5 Å². The van der Waals surface area contributed by atoms with E-state index in [2.05, 4.69) is 20.2 Å². The highest BCUT2D eigenvalue weighted by Gasteiger charge is 2.35. The Hall–Kier alpha value is -3.20. The number of anilines is 2. The first-order valence-electron chi connectivity index (χ1n) is 9.51. The normalized spacial score (nSPS) is 17.1. The molecule has 9 heteroatoms. The summed E-state index contributed by atoms with van der Waals surface area (Å²) in [5.74, 6) is 0.712. The van der Waals surface area contributed by atoms with Crippen LogP contribution in [0.25, 0.3) is 0 Å². The van der Waals surface area contributed by atoms with Crippen molar-refractivity contribution in [1.29, 1.82) is 0 Å². The van der Waals surface area contributed by atoms with Gasteiger partial charge in [-0.2, -0.15) is 0 Å². The van der Waals surface area contributed by atoms with Gasteiger partial charge in [0.05, 0.1) is 32.2 Å². The number of morpholine rings is 1. The predicted molar refractivity (Wildman–Crippen MR) is 106 cm³/mol. The van der Waals surface area contributed by atoms with Crippen molar-refractivity contribution in [2.24, 2.45) is 0 Å². The molecule has 1 fully saturated rings. The summed E-state index contributed by atoms with van der Waals surface area (Å²) in [6.07, 6.45) is 1.51. The van der Waals surface area contributed by atoms with Crippen LogP contribution < -0.4 is 15.0 Å². The Morgan fingerprint density at radius 1 is 1.24 bits per heavy atom. The molecule has 0 bridgehead atoms. The van der Waals surface area contributed by atoms with E-state index >= 15 is 0 Å². The monoisotopic (exact) mass is 397 g/mol. The Morgan fingerprint density at radius 2 is 2.03 bits per heavy atom. The number of methoxy groups -OCH3 is 1. The smallest absolute Gasteiger partial charge is 0.273 e. The number of fused-ring (bicyclic) bond motifs is 1. The molecule has 2 aliphatic rings. The molecule has 1 atom stereocenters. The molecular formula is C20H23N5O4. The van der Waals surface area contributed by atoms with E-state index in [9.17, 15) is 9.59 Å². The summed E-state index contributed by atoms with van der Waals surface area (Å²) >= 11 is 0. The Kier molecular flexibility index (Phi) is 5.30. The van der Waals surface area contributed by atoms with Crippen molar-refractivity contribution >= 4 is 23.3 Å². The van der Waals surface area contributed by atoms with E-state index < -0.39 is 6.04 Å². The topological polar surface area (TPSA) is 96.9 Å². The molecule has 2 aliphatic heterocycles. The predicted octanol–water partition coefficient (Wildman–Crippen LogP) is 1.30. The van der Waals surface area contributed by atoms with Crippen molar-refractivity contribution in [3.05, 3.63) is 41.7 Å². The van der Waals surface area contributed by atoms with E-state index in [0.29, 0.717) is 37.0 Å². The third-order valence-electron chi connectivity index (χ3n) is 5.16. The van der Waals surface area contributed by atoms with Gasteiger partial charge in [-0.05, 0) is 19.1 Å². The molecule has 0 aliphatic carbocycles. The maximum absolute atomic E-state index is 12.9. The van der Waals surface area contributed by atoms with Crippen LogP contribution >= 0.6 is 0 Å². The summed E-state index contributed by atoms with van der Waals surface area (Å²) in [4.78, 5) is 37.9. The van der Waals surface area contributed by atoms with Crippen molar-refractivity contribution in [1.82, 2.24) is 14.9 Å². The molecule has 2 amide bonds. The van der Waals surface area contributed by atoms with Crippen LogP contribution in [0.3, 0.4) is 0 Å². The number of carbonyl (C=O) groups excluding carboxylic acids is 2. The van der Waals surface area contributed by atoms with Crippen molar-refractivity contribution in [3.8, 4) is 5.88 Å². The lowest BCUT2D eigenvalue weighted by Gasteiger charge is -2.27. The van der Waals surface area contributed by atoms with E-state index in [1.54, 1.807) is 19.1 Å². The third-order valence-corrected chi connectivity index (χ3v) is 5.16. The Morgan fingerprint density at radius 3 is 2.72 bits per heavy atom. The number of carbonyl (C=O) groups is 2. The van der Waals surface area contributed by atoms with Gasteiger partial charge >= 0.3 is 0 Å². The number of pyridine rings is 2. The van der Waals surface area contributed by atoms with Gasteiger partial charge < -0.3 is 24.6 Å². The lowest BCUT2D eigenvalue weighted by Crippen LogP contribution is -2.42. The zero-order chi connectivity index (χ0) is 20.4. The van der Waals surface area contributed by atoms with Crippen LogP contribution in [0.2, 0.25) is 0 Å². The first-order valence-corrected chi connectivity index (χ1v) is 9.51. The molecule has 9 nitrogen and oxygen atoms in total. The minimum atomic E-state index is -0.648. The van der Waals surface area contributed by atoms with Gasteiger partial charge in [0.1, 0.15) is 17.6 Å². The van der Waals surface area contributed by atoms with Crippen LogP contribution in [0, 0.1) is 0 Å². The summed E-state index contributed by atoms with van der Waals surface area (Å²) in [5.41, 5.74) is 1.79. The fraction of sp³-hybridized carbons (Fsp3) is 0.400. The molecule has 0 spiro atoms. The van der Waals surface area contributed by atoms with E-state index in [-0.39, 0.29) is 11.8 Å². The van der Waals surface area contributed by atoms with Gasteiger partial charge in [0, 0.05) is 31.3 Å². The zero-order valence-electron chi connectivity index (χ0n) is 16.4. The molecule has 0 saturated carbocycles. The Labute approximate surface area is 168 Å². The highest BCUT2D eigenvalue weighted by Crippen LogP contribution is 2.26. The van der Waals surface area contributed by atoms with Gasteiger partial charge in [-0.15, -0.1) is 0 Å². The van der Waals surface area contributed by atoms with Crippen LogP contribution in [0.1, 0.15) is 23.0 Å². The minimum absolute atomic E-state index is 0.231. The van der Waals surface area contributed by atoms with Gasteiger partial charge in [-0.25, -0.2) is 9.97 Å². The molecule has 0 unspecified atom stereocenters. The van der Waals surface area contributed by atoms with Crippen molar-refractivity contribution in [2.75, 3.05) is 43.6 Å². The highest BCUT2D eigenvalue weighted by atomic mass is 16.5. The lowest BCUT2D eigenvalue weighted by molar-refractivity contribution is -0.120. The van der Waals surface area contributed by atoms with Gasteiger partial charge in [0.2, 0.25) is 11.8 Å². The second kappa shape index (κ2) is 8.04. The Bertz CT molecular complexity index is 912. The van der Waals surface area contributed by atoms with Gasteiger partial charge in [-0.1, -0.05) is 6.07 Å². The molecule has 2 aromatic rings. The van der Waals surface area contributed by atoms with Gasteiger partial charge in [0.15, 0.2) is 0 Å². The molecule has 0 radical (unpaired) electrons. The van der Waals surface area contributed by atoms with Crippen LogP contribution in [-0.4, -0.2) is 66.1 Å². The highest BCUT2D eigenvalue weighted by molar-refractivity contribution is 6.02. The number of aromatic nitrogens is 2. The average Bonchev–Trinajstić information content (AvgIpc) is 3.10. The molecular weight excluding hydrogens is 374 g/mol. The molecule has 4 heterocycles. The number of rotatable bonds is 5. The van der Waals surface area contributed by atoms with E-state index in [1.807, 2.05) is 12.1 Å². The summed E-state index contributed by atoms with van der Waals surface area (Å²) < 4.78 is 10.4. The fourth-order valence-electron chi connectivity index (χ4n) is 3.43. The zero-order valence-corrected chi connectivity index (χ0v) is 16.4. The summed E-state index contributed by atoms with van der Waals surface area (Å²) in [6, 6.07) is 6.56. The van der Waals surface area contributed by atoms with Gasteiger partial charge in [-0.3, -0.25) is 9.59 Å². The maximum atomic E-state index is 12.9. The first-order chi connectivity index (χ1) is 14.1. The van der Waals surface area contributed by atoms with E-state index in [0.717, 1.165) is 24.5 Å². The number of nitrogens with zero attached hydrogens (tertiary/aromatic N) is 4. The number of nitrogens with one attached hydrogen (secondary N) is 1. The SMILES string of the molecule is COc1ccc(NC(=O)[C@@H](C)N2Cc3ccc(N4CCOCC4)nc3C2=O)cn1. The van der Waals surface area contributed by atoms with Crippen LogP contribution in [0.15, 0.2) is 30.5 Å². The fourth-order valence-corrected chi connectivity index (χ4v) is 3.43. The Balaban J connectivity index is 1.45. The number of amides is 2. The first kappa shape index (κ1) is 19.1. The average molecular weight is 397 g/mol. The standard InChI is InChI=1S/C20H23N5O4/c1-13(19(26)22-15-4-6-17(28-2)21-11-15)25-12-14-3-5-16(23-18(14)20(25)27)24-7-9-29-10-8-24/h3-6,11,13H,7-10,12H2,1-2H3,(H,22,26)/t13-/m1/s1. The molecule has 152 valence electrons. The van der Waals surface area contributed by atoms with Crippen LogP contribution in [-0.2, 0) is 16.1 Å². The molecule has 1 N–H and O–H groups in total. The number of ether oxygens (including phenoxy) is 2. The molecule has 4 rings (SSSR count). The second-order valence-corrected chi connectivity index (χ2v) is 6.96. The number of hydrogen-bond donors (Lipinski definition) is 1. The lowest BCUT2D eigenvalue weighted by atomic mass is 10.2. The van der Waals surface area contributed by atoms with Crippen LogP contribution in [0.5, 0.6) is 5.88 Å².